The average molecular weight is 325 g/mol. The van der Waals surface area contributed by atoms with Crippen LogP contribution in [0.3, 0.4) is 0 Å². The standard InChI is InChI=1S/C17H20N2.2ClH/c18-17(11-16(17)15-9-5-2-6-10-15)13-19-12-14-7-3-1-4-8-14;;/h1-10,16,19H,11-13,18H2;2*1H. The fourth-order valence-corrected chi connectivity index (χ4v) is 2.69. The van der Waals surface area contributed by atoms with Crippen molar-refractivity contribution in [2.75, 3.05) is 6.54 Å². The maximum Gasteiger partial charge on any atom is 0.0357 e. The summed E-state index contributed by atoms with van der Waals surface area (Å²) in [6, 6.07) is 21.0. The minimum absolute atomic E-state index is 0. The van der Waals surface area contributed by atoms with Crippen LogP contribution in [-0.2, 0) is 6.54 Å². The van der Waals surface area contributed by atoms with Gasteiger partial charge in [0.1, 0.15) is 0 Å². The molecule has 114 valence electrons. The van der Waals surface area contributed by atoms with Crippen molar-refractivity contribution in [3.63, 3.8) is 0 Å². The molecule has 2 unspecified atom stereocenters. The van der Waals surface area contributed by atoms with Crippen molar-refractivity contribution in [2.24, 2.45) is 5.73 Å². The SMILES string of the molecule is Cl.Cl.NC1(CNCc2ccccc2)CC1c1ccccc1. The second-order valence-corrected chi connectivity index (χ2v) is 5.49. The van der Waals surface area contributed by atoms with E-state index in [1.54, 1.807) is 0 Å². The van der Waals surface area contributed by atoms with Crippen LogP contribution in [0.4, 0.5) is 0 Å². The van der Waals surface area contributed by atoms with Crippen molar-refractivity contribution in [3.8, 4) is 0 Å². The highest BCUT2D eigenvalue weighted by atomic mass is 35.5. The third kappa shape index (κ3) is 4.45. The maximum absolute atomic E-state index is 6.42. The molecule has 0 spiro atoms. The molecule has 1 saturated carbocycles. The van der Waals surface area contributed by atoms with Gasteiger partial charge in [0.25, 0.3) is 0 Å². The van der Waals surface area contributed by atoms with Crippen LogP contribution >= 0.6 is 24.8 Å². The topological polar surface area (TPSA) is 38.0 Å². The Balaban J connectivity index is 0.00000110. The number of rotatable bonds is 5. The van der Waals surface area contributed by atoms with E-state index in [0.717, 1.165) is 19.5 Å². The lowest BCUT2D eigenvalue weighted by molar-refractivity contribution is 0.555. The van der Waals surface area contributed by atoms with Crippen molar-refractivity contribution < 1.29 is 0 Å². The molecule has 3 rings (SSSR count). The molecule has 0 radical (unpaired) electrons. The Morgan fingerprint density at radius 2 is 1.52 bits per heavy atom. The van der Waals surface area contributed by atoms with Crippen LogP contribution < -0.4 is 11.1 Å². The van der Waals surface area contributed by atoms with E-state index in [1.807, 2.05) is 6.07 Å². The van der Waals surface area contributed by atoms with E-state index in [0.29, 0.717) is 5.92 Å². The number of nitrogens with two attached hydrogens (primary N) is 1. The van der Waals surface area contributed by atoms with Gasteiger partial charge in [-0.05, 0) is 17.5 Å². The van der Waals surface area contributed by atoms with Gasteiger partial charge in [-0.3, -0.25) is 0 Å². The fourth-order valence-electron chi connectivity index (χ4n) is 2.69. The quantitative estimate of drug-likeness (QED) is 0.883. The van der Waals surface area contributed by atoms with E-state index >= 15 is 0 Å². The van der Waals surface area contributed by atoms with Gasteiger partial charge in [-0.2, -0.15) is 0 Å². The molecule has 3 N–H and O–H groups in total. The third-order valence-corrected chi connectivity index (χ3v) is 3.95. The lowest BCUT2D eigenvalue weighted by Gasteiger charge is -2.13. The minimum Gasteiger partial charge on any atom is -0.323 e. The van der Waals surface area contributed by atoms with Gasteiger partial charge in [0.05, 0.1) is 0 Å². The Labute approximate surface area is 139 Å². The lowest BCUT2D eigenvalue weighted by Crippen LogP contribution is -2.37. The van der Waals surface area contributed by atoms with Crippen molar-refractivity contribution in [1.29, 1.82) is 0 Å². The number of benzene rings is 2. The van der Waals surface area contributed by atoms with Crippen LogP contribution in [0.25, 0.3) is 0 Å². The third-order valence-electron chi connectivity index (χ3n) is 3.95. The van der Waals surface area contributed by atoms with Crippen LogP contribution in [0.1, 0.15) is 23.5 Å². The van der Waals surface area contributed by atoms with E-state index in [9.17, 15) is 0 Å². The highest BCUT2D eigenvalue weighted by molar-refractivity contribution is 5.85. The van der Waals surface area contributed by atoms with Gasteiger partial charge in [0.15, 0.2) is 0 Å². The molecule has 0 aromatic heterocycles. The summed E-state index contributed by atoms with van der Waals surface area (Å²) in [7, 11) is 0. The summed E-state index contributed by atoms with van der Waals surface area (Å²) in [6.45, 7) is 1.77. The van der Waals surface area contributed by atoms with Gasteiger partial charge in [0.2, 0.25) is 0 Å². The summed E-state index contributed by atoms with van der Waals surface area (Å²) in [5, 5.41) is 3.48. The van der Waals surface area contributed by atoms with Crippen molar-refractivity contribution in [1.82, 2.24) is 5.32 Å². The molecule has 1 aliphatic rings. The van der Waals surface area contributed by atoms with Crippen LogP contribution in [0.2, 0.25) is 0 Å². The summed E-state index contributed by atoms with van der Waals surface area (Å²) in [6.07, 6.45) is 1.08. The van der Waals surface area contributed by atoms with Crippen LogP contribution in [0, 0.1) is 0 Å². The number of hydrogen-bond acceptors (Lipinski definition) is 2. The van der Waals surface area contributed by atoms with E-state index in [1.165, 1.54) is 11.1 Å². The van der Waals surface area contributed by atoms with Crippen molar-refractivity contribution in [2.45, 2.75) is 24.4 Å². The summed E-state index contributed by atoms with van der Waals surface area (Å²) in [5.74, 6) is 0.511. The molecule has 4 heteroatoms. The first-order valence-electron chi connectivity index (χ1n) is 6.86. The highest BCUT2D eigenvalue weighted by Gasteiger charge is 2.51. The highest BCUT2D eigenvalue weighted by Crippen LogP contribution is 2.48. The molecular formula is C17H22Cl2N2. The molecule has 0 amide bonds. The summed E-state index contributed by atoms with van der Waals surface area (Å²) in [5.41, 5.74) is 9.04. The summed E-state index contributed by atoms with van der Waals surface area (Å²) in [4.78, 5) is 0. The molecule has 21 heavy (non-hydrogen) atoms. The van der Waals surface area contributed by atoms with Crippen molar-refractivity contribution in [3.05, 3.63) is 71.8 Å². The average Bonchev–Trinajstić information content (AvgIpc) is 3.13. The molecule has 0 bridgehead atoms. The zero-order valence-electron chi connectivity index (χ0n) is 11.9. The Morgan fingerprint density at radius 1 is 0.952 bits per heavy atom. The van der Waals surface area contributed by atoms with Gasteiger partial charge < -0.3 is 11.1 Å². The number of nitrogens with one attached hydrogen (secondary N) is 1. The second-order valence-electron chi connectivity index (χ2n) is 5.49. The van der Waals surface area contributed by atoms with E-state index in [2.05, 4.69) is 59.9 Å². The summed E-state index contributed by atoms with van der Waals surface area (Å²) < 4.78 is 0. The Kier molecular flexibility index (Phi) is 6.69. The monoisotopic (exact) mass is 324 g/mol. The van der Waals surface area contributed by atoms with Gasteiger partial charge in [-0.15, -0.1) is 24.8 Å². The molecule has 2 aromatic carbocycles. The van der Waals surface area contributed by atoms with Gasteiger partial charge in [-0.25, -0.2) is 0 Å². The lowest BCUT2D eigenvalue weighted by atomic mass is 10.1. The Bertz CT molecular complexity index is 533. The zero-order valence-corrected chi connectivity index (χ0v) is 13.5. The normalized spacial score (nSPS) is 22.8. The van der Waals surface area contributed by atoms with Crippen LogP contribution in [0.5, 0.6) is 0 Å². The Hall–Kier alpha value is -1.06. The van der Waals surface area contributed by atoms with E-state index in [-0.39, 0.29) is 30.4 Å². The number of halogens is 2. The maximum atomic E-state index is 6.42. The molecule has 0 heterocycles. The first kappa shape index (κ1) is 18.0. The molecule has 2 atom stereocenters. The fraction of sp³-hybridized carbons (Fsp3) is 0.294. The minimum atomic E-state index is -0.0594. The van der Waals surface area contributed by atoms with Gasteiger partial charge in [-0.1, -0.05) is 60.7 Å². The predicted octanol–water partition coefficient (Wildman–Crippen LogP) is 3.50. The Morgan fingerprint density at radius 3 is 2.14 bits per heavy atom. The first-order valence-corrected chi connectivity index (χ1v) is 6.86. The molecule has 2 nitrogen and oxygen atoms in total. The number of hydrogen-bond donors (Lipinski definition) is 2. The summed E-state index contributed by atoms with van der Waals surface area (Å²) >= 11 is 0. The smallest absolute Gasteiger partial charge is 0.0357 e. The molecule has 0 saturated heterocycles. The largest absolute Gasteiger partial charge is 0.323 e. The van der Waals surface area contributed by atoms with Gasteiger partial charge >= 0.3 is 0 Å². The predicted molar refractivity (Wildman–Crippen MR) is 93.4 cm³/mol. The van der Waals surface area contributed by atoms with E-state index < -0.39 is 0 Å². The molecule has 2 aromatic rings. The molecule has 1 fully saturated rings. The molecule has 0 aliphatic heterocycles. The first-order chi connectivity index (χ1) is 9.28. The van der Waals surface area contributed by atoms with E-state index in [4.69, 9.17) is 5.73 Å². The molecule has 1 aliphatic carbocycles. The van der Waals surface area contributed by atoms with Crippen LogP contribution in [-0.4, -0.2) is 12.1 Å². The van der Waals surface area contributed by atoms with Crippen molar-refractivity contribution >= 4 is 24.8 Å². The zero-order chi connectivity index (χ0) is 13.1. The van der Waals surface area contributed by atoms with Crippen LogP contribution in [0.15, 0.2) is 60.7 Å². The second kappa shape index (κ2) is 7.81. The molecular weight excluding hydrogens is 303 g/mol. The van der Waals surface area contributed by atoms with Gasteiger partial charge in [0, 0.05) is 24.5 Å².